The van der Waals surface area contributed by atoms with Gasteiger partial charge in [0.1, 0.15) is 23.3 Å². The summed E-state index contributed by atoms with van der Waals surface area (Å²) in [4.78, 5) is 20.5. The minimum absolute atomic E-state index is 0.309. The van der Waals surface area contributed by atoms with Crippen LogP contribution in [0.15, 0.2) is 54.6 Å². The zero-order valence-electron chi connectivity index (χ0n) is 14.3. The van der Waals surface area contributed by atoms with Gasteiger partial charge in [0, 0.05) is 11.8 Å². The van der Waals surface area contributed by atoms with Crippen LogP contribution < -0.4 is 10.6 Å². The molecule has 0 unspecified atom stereocenters. The van der Waals surface area contributed by atoms with Gasteiger partial charge in [-0.05, 0) is 43.3 Å². The third-order valence-electron chi connectivity index (χ3n) is 3.55. The molecular formula is C19H17FN4O2. The Morgan fingerprint density at radius 3 is 2.35 bits per heavy atom. The molecule has 2 N–H and O–H groups in total. The number of ether oxygens (including phenoxy) is 1. The standard InChI is InChI=1S/C19H17FN4O2/c1-12-21-17(23-14-9-7-13(20)8-10-14)11-18(22-12)24-16-6-4-3-5-15(16)19(25)26-2/h3-11H,1-2H3,(H2,21,22,23,24). The second-order valence-corrected chi connectivity index (χ2v) is 5.48. The van der Waals surface area contributed by atoms with Crippen LogP contribution in [0.4, 0.5) is 27.4 Å². The summed E-state index contributed by atoms with van der Waals surface area (Å²) in [6, 6.07) is 14.6. The highest BCUT2D eigenvalue weighted by Crippen LogP contribution is 2.23. The van der Waals surface area contributed by atoms with Crippen molar-refractivity contribution >= 4 is 29.0 Å². The molecular weight excluding hydrogens is 335 g/mol. The molecule has 0 aliphatic rings. The van der Waals surface area contributed by atoms with Crippen LogP contribution >= 0.6 is 0 Å². The molecule has 0 aliphatic carbocycles. The molecule has 7 heteroatoms. The Morgan fingerprint density at radius 1 is 1.00 bits per heavy atom. The van der Waals surface area contributed by atoms with Crippen molar-refractivity contribution in [2.24, 2.45) is 0 Å². The molecule has 6 nitrogen and oxygen atoms in total. The molecule has 132 valence electrons. The number of anilines is 4. The number of nitrogens with zero attached hydrogens (tertiary/aromatic N) is 2. The van der Waals surface area contributed by atoms with Crippen molar-refractivity contribution in [1.29, 1.82) is 0 Å². The Balaban J connectivity index is 1.87. The van der Waals surface area contributed by atoms with Gasteiger partial charge in [-0.2, -0.15) is 0 Å². The lowest BCUT2D eigenvalue weighted by molar-refractivity contribution is 0.0602. The second-order valence-electron chi connectivity index (χ2n) is 5.48. The predicted molar refractivity (Wildman–Crippen MR) is 97.5 cm³/mol. The number of carbonyl (C=O) groups excluding carboxylic acids is 1. The zero-order chi connectivity index (χ0) is 18.5. The van der Waals surface area contributed by atoms with Gasteiger partial charge in [0.15, 0.2) is 0 Å². The van der Waals surface area contributed by atoms with E-state index in [0.29, 0.717) is 34.4 Å². The Hall–Kier alpha value is -3.48. The minimum Gasteiger partial charge on any atom is -0.465 e. The van der Waals surface area contributed by atoms with Gasteiger partial charge < -0.3 is 15.4 Å². The summed E-state index contributed by atoms with van der Waals surface area (Å²) < 4.78 is 17.8. The third kappa shape index (κ3) is 4.13. The van der Waals surface area contributed by atoms with E-state index in [9.17, 15) is 9.18 Å². The lowest BCUT2D eigenvalue weighted by Crippen LogP contribution is -2.07. The number of benzene rings is 2. The van der Waals surface area contributed by atoms with Crippen LogP contribution in [0.3, 0.4) is 0 Å². The topological polar surface area (TPSA) is 76.1 Å². The van der Waals surface area contributed by atoms with E-state index in [1.807, 2.05) is 0 Å². The summed E-state index contributed by atoms with van der Waals surface area (Å²) in [6.07, 6.45) is 0. The molecule has 0 amide bonds. The predicted octanol–water partition coefficient (Wildman–Crippen LogP) is 4.20. The van der Waals surface area contributed by atoms with E-state index in [4.69, 9.17) is 4.74 Å². The molecule has 0 atom stereocenters. The van der Waals surface area contributed by atoms with Gasteiger partial charge in [0.2, 0.25) is 0 Å². The monoisotopic (exact) mass is 352 g/mol. The maximum atomic E-state index is 13.0. The van der Waals surface area contributed by atoms with Crippen molar-refractivity contribution in [1.82, 2.24) is 9.97 Å². The van der Waals surface area contributed by atoms with Gasteiger partial charge in [-0.1, -0.05) is 12.1 Å². The van der Waals surface area contributed by atoms with Gasteiger partial charge in [-0.3, -0.25) is 0 Å². The highest BCUT2D eigenvalue weighted by Gasteiger charge is 2.12. The van der Waals surface area contributed by atoms with E-state index in [2.05, 4.69) is 20.6 Å². The summed E-state index contributed by atoms with van der Waals surface area (Å²) in [5.74, 6) is 0.843. The van der Waals surface area contributed by atoms with Crippen molar-refractivity contribution in [3.8, 4) is 0 Å². The SMILES string of the molecule is COC(=O)c1ccccc1Nc1cc(Nc2ccc(F)cc2)nc(C)n1. The molecule has 0 aliphatic heterocycles. The van der Waals surface area contributed by atoms with Gasteiger partial charge >= 0.3 is 5.97 Å². The number of rotatable bonds is 5. The van der Waals surface area contributed by atoms with Crippen molar-refractivity contribution in [2.45, 2.75) is 6.92 Å². The van der Waals surface area contributed by atoms with E-state index >= 15 is 0 Å². The molecule has 3 aromatic rings. The maximum absolute atomic E-state index is 13.0. The molecule has 1 heterocycles. The van der Waals surface area contributed by atoms with Crippen LogP contribution in [0.1, 0.15) is 16.2 Å². The summed E-state index contributed by atoms with van der Waals surface area (Å²) in [5.41, 5.74) is 1.68. The first kappa shape index (κ1) is 17.3. The molecule has 0 saturated carbocycles. The van der Waals surface area contributed by atoms with Gasteiger partial charge in [0.05, 0.1) is 18.4 Å². The number of hydrogen-bond donors (Lipinski definition) is 2. The van der Waals surface area contributed by atoms with Crippen molar-refractivity contribution in [3.63, 3.8) is 0 Å². The highest BCUT2D eigenvalue weighted by atomic mass is 19.1. The molecule has 26 heavy (non-hydrogen) atoms. The quantitative estimate of drug-likeness (QED) is 0.670. The molecule has 0 radical (unpaired) electrons. The second kappa shape index (κ2) is 7.60. The Bertz CT molecular complexity index is 929. The van der Waals surface area contributed by atoms with Gasteiger partial charge in [0.25, 0.3) is 0 Å². The number of aryl methyl sites for hydroxylation is 1. The number of aromatic nitrogens is 2. The largest absolute Gasteiger partial charge is 0.465 e. The lowest BCUT2D eigenvalue weighted by atomic mass is 10.2. The minimum atomic E-state index is -0.441. The number of nitrogens with one attached hydrogen (secondary N) is 2. The van der Waals surface area contributed by atoms with E-state index in [1.165, 1.54) is 19.2 Å². The fourth-order valence-corrected chi connectivity index (χ4v) is 2.39. The van der Waals surface area contributed by atoms with Gasteiger partial charge in [-0.15, -0.1) is 0 Å². The van der Waals surface area contributed by atoms with Crippen LogP contribution in [0, 0.1) is 12.7 Å². The Kier molecular flexibility index (Phi) is 5.07. The van der Waals surface area contributed by atoms with Gasteiger partial charge in [-0.25, -0.2) is 19.2 Å². The van der Waals surface area contributed by atoms with Crippen molar-refractivity contribution in [3.05, 3.63) is 71.8 Å². The normalized spacial score (nSPS) is 10.3. The Labute approximate surface area is 150 Å². The molecule has 0 fully saturated rings. The van der Waals surface area contributed by atoms with Crippen LogP contribution in [0.25, 0.3) is 0 Å². The van der Waals surface area contributed by atoms with Crippen LogP contribution in [-0.2, 0) is 4.74 Å². The molecule has 0 saturated heterocycles. The van der Waals surface area contributed by atoms with Crippen molar-refractivity contribution in [2.75, 3.05) is 17.7 Å². The number of esters is 1. The maximum Gasteiger partial charge on any atom is 0.339 e. The summed E-state index contributed by atoms with van der Waals surface area (Å²) >= 11 is 0. The number of halogens is 1. The first-order chi connectivity index (χ1) is 12.5. The average molecular weight is 352 g/mol. The molecule has 1 aromatic heterocycles. The summed E-state index contributed by atoms with van der Waals surface area (Å²) in [6.45, 7) is 1.76. The first-order valence-electron chi connectivity index (χ1n) is 7.88. The number of hydrogen-bond acceptors (Lipinski definition) is 6. The fourth-order valence-electron chi connectivity index (χ4n) is 2.39. The molecule has 0 bridgehead atoms. The Morgan fingerprint density at radius 2 is 1.65 bits per heavy atom. The zero-order valence-corrected chi connectivity index (χ0v) is 14.3. The van der Waals surface area contributed by atoms with Crippen LogP contribution in [-0.4, -0.2) is 23.0 Å². The molecule has 3 rings (SSSR count). The number of methoxy groups -OCH3 is 1. The summed E-state index contributed by atoms with van der Waals surface area (Å²) in [7, 11) is 1.33. The third-order valence-corrected chi connectivity index (χ3v) is 3.55. The number of para-hydroxylation sites is 1. The summed E-state index contributed by atoms with van der Waals surface area (Å²) in [5, 5.41) is 6.21. The first-order valence-corrected chi connectivity index (χ1v) is 7.88. The van der Waals surface area contributed by atoms with Crippen LogP contribution in [0.2, 0.25) is 0 Å². The highest BCUT2D eigenvalue weighted by molar-refractivity contribution is 5.96. The van der Waals surface area contributed by atoms with Crippen molar-refractivity contribution < 1.29 is 13.9 Å². The lowest BCUT2D eigenvalue weighted by Gasteiger charge is -2.12. The molecule has 0 spiro atoms. The van der Waals surface area contributed by atoms with E-state index in [0.717, 1.165) is 0 Å². The smallest absolute Gasteiger partial charge is 0.339 e. The van der Waals surface area contributed by atoms with E-state index in [-0.39, 0.29) is 5.82 Å². The van der Waals surface area contributed by atoms with E-state index in [1.54, 1.807) is 49.4 Å². The number of carbonyl (C=O) groups is 1. The molecule has 2 aromatic carbocycles. The fraction of sp³-hybridized carbons (Fsp3) is 0.105. The van der Waals surface area contributed by atoms with Crippen LogP contribution in [0.5, 0.6) is 0 Å². The average Bonchev–Trinajstić information content (AvgIpc) is 2.63. The van der Waals surface area contributed by atoms with E-state index < -0.39 is 5.97 Å².